The number of benzene rings is 1. The Morgan fingerprint density at radius 3 is 2.41 bits per heavy atom. The van der Waals surface area contributed by atoms with E-state index < -0.39 is 23.6 Å². The van der Waals surface area contributed by atoms with Gasteiger partial charge in [-0.2, -0.15) is 0 Å². The molecule has 3 rings (SSSR count). The summed E-state index contributed by atoms with van der Waals surface area (Å²) in [4.78, 5) is 47.1. The van der Waals surface area contributed by atoms with E-state index in [1.165, 1.54) is 16.7 Å². The van der Waals surface area contributed by atoms with Gasteiger partial charge in [0.15, 0.2) is 5.78 Å². The number of carbonyl (C=O) groups excluding carboxylic acids is 3. The number of nitrogens with zero attached hydrogens (tertiary/aromatic N) is 3. The first-order chi connectivity index (χ1) is 15.9. The molecule has 1 aliphatic rings. The molecule has 1 saturated heterocycles. The van der Waals surface area contributed by atoms with E-state index in [2.05, 4.69) is 4.98 Å². The van der Waals surface area contributed by atoms with Crippen LogP contribution < -0.4 is 0 Å². The van der Waals surface area contributed by atoms with E-state index in [4.69, 9.17) is 0 Å². The minimum atomic E-state index is -0.747. The molecule has 1 aromatic heterocycles. The number of β-amino-alcohol motifs (C(OH)–C–C–N with tert-alkyl or cyclic N) is 1. The lowest BCUT2D eigenvalue weighted by Gasteiger charge is -2.39. The van der Waals surface area contributed by atoms with Crippen LogP contribution >= 0.6 is 11.3 Å². The van der Waals surface area contributed by atoms with Gasteiger partial charge < -0.3 is 14.9 Å². The van der Waals surface area contributed by atoms with Gasteiger partial charge in [-0.05, 0) is 29.9 Å². The first-order valence-corrected chi connectivity index (χ1v) is 12.5. The van der Waals surface area contributed by atoms with E-state index in [1.54, 1.807) is 18.4 Å². The van der Waals surface area contributed by atoms with Crippen LogP contribution in [-0.4, -0.2) is 69.3 Å². The Bertz CT molecular complexity index is 1040. The standard InChI is InChI=1S/C26H35N3O4S/c1-16-23(34-15-27-16)19-10-7-18(8-11-19)9-12-22(32)21-13-20(31)14-29(21)25(33)24(26(3,4)5)28(6)17(2)30/h7-8,10-11,15,20-21,24,31H,9,12-14H2,1-6H3/t20-,21+,24-/m1/s1. The number of amides is 2. The molecule has 1 N–H and O–H groups in total. The molecule has 0 aliphatic carbocycles. The molecule has 3 atom stereocenters. The Morgan fingerprint density at radius 2 is 1.88 bits per heavy atom. The summed E-state index contributed by atoms with van der Waals surface area (Å²) >= 11 is 1.60. The summed E-state index contributed by atoms with van der Waals surface area (Å²) < 4.78 is 0. The molecule has 1 aromatic carbocycles. The second-order valence-corrected chi connectivity index (χ2v) is 11.1. The molecule has 2 aromatic rings. The summed E-state index contributed by atoms with van der Waals surface area (Å²) in [6.45, 7) is 9.21. The lowest BCUT2D eigenvalue weighted by molar-refractivity contribution is -0.150. The number of aliphatic hydroxyl groups is 1. The van der Waals surface area contributed by atoms with Crippen molar-refractivity contribution in [2.24, 2.45) is 5.41 Å². The smallest absolute Gasteiger partial charge is 0.246 e. The number of likely N-dealkylation sites (tertiary alicyclic amines) is 1. The number of ketones is 1. The lowest BCUT2D eigenvalue weighted by atomic mass is 9.84. The Hall–Kier alpha value is -2.58. The number of rotatable bonds is 7. The predicted molar refractivity (Wildman–Crippen MR) is 133 cm³/mol. The van der Waals surface area contributed by atoms with Gasteiger partial charge in [-0.15, -0.1) is 11.3 Å². The van der Waals surface area contributed by atoms with Gasteiger partial charge in [0, 0.05) is 33.4 Å². The summed E-state index contributed by atoms with van der Waals surface area (Å²) in [5.74, 6) is -0.567. The Morgan fingerprint density at radius 1 is 1.24 bits per heavy atom. The second kappa shape index (κ2) is 10.4. The van der Waals surface area contributed by atoms with Gasteiger partial charge in [-0.1, -0.05) is 45.0 Å². The average Bonchev–Trinajstić information content (AvgIpc) is 3.36. The van der Waals surface area contributed by atoms with Gasteiger partial charge in [0.25, 0.3) is 0 Å². The number of aryl methyl sites for hydroxylation is 2. The second-order valence-electron chi connectivity index (χ2n) is 10.2. The molecule has 0 bridgehead atoms. The van der Waals surface area contributed by atoms with Crippen molar-refractivity contribution in [1.29, 1.82) is 0 Å². The Kier molecular flexibility index (Phi) is 7.93. The largest absolute Gasteiger partial charge is 0.391 e. The zero-order valence-corrected chi connectivity index (χ0v) is 21.7. The maximum absolute atomic E-state index is 13.5. The quantitative estimate of drug-likeness (QED) is 0.648. The molecule has 1 aliphatic heterocycles. The molecule has 8 heteroatoms. The summed E-state index contributed by atoms with van der Waals surface area (Å²) in [6, 6.07) is 6.74. The van der Waals surface area contributed by atoms with Crippen LogP contribution in [0.15, 0.2) is 29.8 Å². The van der Waals surface area contributed by atoms with Gasteiger partial charge >= 0.3 is 0 Å². The van der Waals surface area contributed by atoms with E-state index >= 15 is 0 Å². The average molecular weight is 486 g/mol. The van der Waals surface area contributed by atoms with Crippen LogP contribution in [0.5, 0.6) is 0 Å². The minimum absolute atomic E-state index is 0.0644. The molecule has 1 fully saturated rings. The minimum Gasteiger partial charge on any atom is -0.391 e. The van der Waals surface area contributed by atoms with Gasteiger partial charge in [0.1, 0.15) is 6.04 Å². The van der Waals surface area contributed by atoms with Crippen molar-refractivity contribution in [1.82, 2.24) is 14.8 Å². The third-order valence-electron chi connectivity index (χ3n) is 6.49. The topological polar surface area (TPSA) is 90.8 Å². The molecule has 0 radical (unpaired) electrons. The number of hydrogen-bond acceptors (Lipinski definition) is 6. The molecule has 0 unspecified atom stereocenters. The van der Waals surface area contributed by atoms with E-state index in [-0.39, 0.29) is 37.0 Å². The van der Waals surface area contributed by atoms with Crippen molar-refractivity contribution in [3.8, 4) is 10.4 Å². The highest BCUT2D eigenvalue weighted by atomic mass is 32.1. The molecule has 2 amide bonds. The third-order valence-corrected chi connectivity index (χ3v) is 7.47. The maximum atomic E-state index is 13.5. The maximum Gasteiger partial charge on any atom is 0.246 e. The van der Waals surface area contributed by atoms with Crippen LogP contribution in [0.2, 0.25) is 0 Å². The zero-order chi connectivity index (χ0) is 25.2. The summed E-state index contributed by atoms with van der Waals surface area (Å²) in [6.07, 6.45) is 0.325. The summed E-state index contributed by atoms with van der Waals surface area (Å²) in [5.41, 5.74) is 4.46. The molecular weight excluding hydrogens is 450 g/mol. The molecular formula is C26H35N3O4S. The van der Waals surface area contributed by atoms with E-state index in [9.17, 15) is 19.5 Å². The fourth-order valence-corrected chi connectivity index (χ4v) is 5.47. The predicted octanol–water partition coefficient (Wildman–Crippen LogP) is 3.48. The molecule has 34 heavy (non-hydrogen) atoms. The Balaban J connectivity index is 1.70. The van der Waals surface area contributed by atoms with Crippen LogP contribution in [0.25, 0.3) is 10.4 Å². The molecule has 0 saturated carbocycles. The molecule has 0 spiro atoms. The number of hydrogen-bond donors (Lipinski definition) is 1. The number of likely N-dealkylation sites (N-methyl/N-ethyl adjacent to an activating group) is 1. The molecule has 2 heterocycles. The van der Waals surface area contributed by atoms with Gasteiger partial charge in [0.2, 0.25) is 11.8 Å². The monoisotopic (exact) mass is 485 g/mol. The van der Waals surface area contributed by atoms with Gasteiger partial charge in [0.05, 0.1) is 28.2 Å². The van der Waals surface area contributed by atoms with Crippen molar-refractivity contribution >= 4 is 28.9 Å². The van der Waals surface area contributed by atoms with Crippen molar-refractivity contribution < 1.29 is 19.5 Å². The normalized spacial score (nSPS) is 19.2. The number of thiazole rings is 1. The molecule has 7 nitrogen and oxygen atoms in total. The highest BCUT2D eigenvalue weighted by Gasteiger charge is 2.45. The van der Waals surface area contributed by atoms with Gasteiger partial charge in [-0.25, -0.2) is 4.98 Å². The Labute approximate surface area is 205 Å². The number of carbonyl (C=O) groups is 3. The SMILES string of the molecule is CC(=O)N(C)[C@H](C(=O)N1C[C@H](O)C[C@H]1C(=O)CCc1ccc(-c2scnc2C)cc1)C(C)(C)C. The number of Topliss-reactive ketones (excluding diaryl/α,β-unsaturated/α-hetero) is 1. The third kappa shape index (κ3) is 5.73. The zero-order valence-electron chi connectivity index (χ0n) is 20.9. The number of aromatic nitrogens is 1. The van der Waals surface area contributed by atoms with Crippen molar-refractivity contribution in [3.63, 3.8) is 0 Å². The van der Waals surface area contributed by atoms with Crippen molar-refractivity contribution in [2.45, 2.75) is 72.1 Å². The molecule has 184 valence electrons. The summed E-state index contributed by atoms with van der Waals surface area (Å²) in [5, 5.41) is 10.3. The van der Waals surface area contributed by atoms with Crippen LogP contribution in [-0.2, 0) is 20.8 Å². The van der Waals surface area contributed by atoms with Crippen LogP contribution in [0.1, 0.15) is 51.8 Å². The fraction of sp³-hybridized carbons (Fsp3) is 0.538. The first kappa shape index (κ1) is 26.0. The highest BCUT2D eigenvalue weighted by Crippen LogP contribution is 2.30. The van der Waals surface area contributed by atoms with E-state index in [0.29, 0.717) is 6.42 Å². The highest BCUT2D eigenvalue weighted by molar-refractivity contribution is 7.13. The van der Waals surface area contributed by atoms with Crippen LogP contribution in [0.4, 0.5) is 0 Å². The summed E-state index contributed by atoms with van der Waals surface area (Å²) in [7, 11) is 1.61. The van der Waals surface area contributed by atoms with Gasteiger partial charge in [-0.3, -0.25) is 14.4 Å². The lowest BCUT2D eigenvalue weighted by Crippen LogP contribution is -2.56. The van der Waals surface area contributed by atoms with E-state index in [0.717, 1.165) is 21.7 Å². The first-order valence-electron chi connectivity index (χ1n) is 11.6. The van der Waals surface area contributed by atoms with Crippen molar-refractivity contribution in [3.05, 3.63) is 41.0 Å². The fourth-order valence-electron chi connectivity index (χ4n) is 4.65. The van der Waals surface area contributed by atoms with Crippen LogP contribution in [0, 0.1) is 12.3 Å². The number of aliphatic hydroxyl groups excluding tert-OH is 1. The van der Waals surface area contributed by atoms with Crippen molar-refractivity contribution in [2.75, 3.05) is 13.6 Å². The van der Waals surface area contributed by atoms with E-state index in [1.807, 2.05) is 57.5 Å². The van der Waals surface area contributed by atoms with Crippen LogP contribution in [0.3, 0.4) is 0 Å².